The second-order valence-corrected chi connectivity index (χ2v) is 10.5. The van der Waals surface area contributed by atoms with Gasteiger partial charge in [0.05, 0.1) is 0 Å². The monoisotopic (exact) mass is 610 g/mol. The predicted octanol–water partition coefficient (Wildman–Crippen LogP) is 7.80. The molecular weight excluding hydrogens is 595 g/mol. The van der Waals surface area contributed by atoms with E-state index in [9.17, 15) is 39.5 Å². The number of fused-ring (bicyclic) bond motifs is 5. The fourth-order valence-electron chi connectivity index (χ4n) is 6.03. The summed E-state index contributed by atoms with van der Waals surface area (Å²) < 4.78 is 129. The number of ether oxygens (including phenoxy) is 1. The van der Waals surface area contributed by atoms with Gasteiger partial charge in [-0.3, -0.25) is 0 Å². The van der Waals surface area contributed by atoms with Crippen LogP contribution in [0.3, 0.4) is 0 Å². The fourth-order valence-corrected chi connectivity index (χ4v) is 6.03. The van der Waals surface area contributed by atoms with E-state index < -0.39 is 47.0 Å². The van der Waals surface area contributed by atoms with Crippen LogP contribution in [0.2, 0.25) is 0 Å². The van der Waals surface area contributed by atoms with Crippen LogP contribution in [0.1, 0.15) is 27.8 Å². The van der Waals surface area contributed by atoms with Crippen LogP contribution in [0.15, 0.2) is 72.8 Å². The summed E-state index contributed by atoms with van der Waals surface area (Å²) in [7, 11) is 0. The van der Waals surface area contributed by atoms with Crippen molar-refractivity contribution in [2.75, 3.05) is 0 Å². The summed E-state index contributed by atoms with van der Waals surface area (Å²) in [6.45, 7) is 1.81. The SMILES string of the molecule is Cc1ccc2c(c1)C(c1cc(F)c(F)c(F)c1)=c1cc3c(cc1-2)=c1ccc(OC(F)(F)F)cc1=C3c1cc(F)c(F)c(F)c1. The maximum absolute atomic E-state index is 14.5. The first-order valence-electron chi connectivity index (χ1n) is 13.0. The Labute approximate surface area is 242 Å². The second-order valence-electron chi connectivity index (χ2n) is 10.5. The number of halogens is 9. The van der Waals surface area contributed by atoms with Gasteiger partial charge in [-0.1, -0.05) is 29.8 Å². The van der Waals surface area contributed by atoms with Crippen molar-refractivity contribution in [2.45, 2.75) is 13.3 Å². The van der Waals surface area contributed by atoms with E-state index in [1.165, 1.54) is 6.07 Å². The quantitative estimate of drug-likeness (QED) is 0.147. The average Bonchev–Trinajstić information content (AvgIpc) is 3.42. The Balaban J connectivity index is 1.62. The predicted molar refractivity (Wildman–Crippen MR) is 143 cm³/mol. The molecule has 0 spiro atoms. The molecule has 0 radical (unpaired) electrons. The summed E-state index contributed by atoms with van der Waals surface area (Å²) in [6.07, 6.45) is -5.03. The van der Waals surface area contributed by atoms with Crippen LogP contribution >= 0.6 is 0 Å². The van der Waals surface area contributed by atoms with Crippen molar-refractivity contribution in [1.29, 1.82) is 0 Å². The van der Waals surface area contributed by atoms with Crippen LogP contribution in [0.25, 0.3) is 22.3 Å². The summed E-state index contributed by atoms with van der Waals surface area (Å²) in [5.74, 6) is -9.82. The summed E-state index contributed by atoms with van der Waals surface area (Å²) in [6, 6.07) is 15.4. The maximum atomic E-state index is 14.5. The highest BCUT2D eigenvalue weighted by Gasteiger charge is 2.32. The number of alkyl halides is 3. The minimum Gasteiger partial charge on any atom is -0.406 e. The van der Waals surface area contributed by atoms with E-state index in [0.29, 0.717) is 43.5 Å². The highest BCUT2D eigenvalue weighted by Crippen LogP contribution is 2.39. The van der Waals surface area contributed by atoms with Crippen LogP contribution in [0.5, 0.6) is 5.75 Å². The number of benzene rings is 5. The Kier molecular flexibility index (Phi) is 6.01. The molecule has 0 fully saturated rings. The Bertz CT molecular complexity index is 2280. The lowest BCUT2D eigenvalue weighted by molar-refractivity contribution is -0.274. The minimum atomic E-state index is -5.03. The smallest absolute Gasteiger partial charge is 0.406 e. The normalized spacial score (nSPS) is 13.1. The number of hydrogen-bond donors (Lipinski definition) is 0. The Morgan fingerprint density at radius 1 is 0.477 bits per heavy atom. The molecule has 0 unspecified atom stereocenters. The third kappa shape index (κ3) is 4.27. The highest BCUT2D eigenvalue weighted by atomic mass is 19.4. The molecule has 0 aliphatic heterocycles. The first-order valence-corrected chi connectivity index (χ1v) is 13.0. The number of aryl methyl sites for hydroxylation is 1. The largest absolute Gasteiger partial charge is 0.573 e. The van der Waals surface area contributed by atoms with Crippen molar-refractivity contribution < 1.29 is 44.3 Å². The van der Waals surface area contributed by atoms with Crippen molar-refractivity contribution in [3.63, 3.8) is 0 Å². The second kappa shape index (κ2) is 9.51. The van der Waals surface area contributed by atoms with E-state index in [1.54, 1.807) is 24.3 Å². The third-order valence-electron chi connectivity index (χ3n) is 7.76. The first-order chi connectivity index (χ1) is 20.8. The Morgan fingerprint density at radius 3 is 1.59 bits per heavy atom. The van der Waals surface area contributed by atoms with E-state index in [4.69, 9.17) is 0 Å². The van der Waals surface area contributed by atoms with Crippen molar-refractivity contribution in [3.8, 4) is 16.9 Å². The Hall–Kier alpha value is -4.99. The van der Waals surface area contributed by atoms with Gasteiger partial charge in [-0.2, -0.15) is 0 Å². The van der Waals surface area contributed by atoms with Gasteiger partial charge in [0.1, 0.15) is 5.75 Å². The molecule has 2 aliphatic rings. The van der Waals surface area contributed by atoms with E-state index in [-0.39, 0.29) is 21.9 Å². The van der Waals surface area contributed by atoms with E-state index in [1.807, 2.05) is 13.0 Å². The van der Waals surface area contributed by atoms with Gasteiger partial charge >= 0.3 is 6.36 Å². The van der Waals surface area contributed by atoms with Crippen molar-refractivity contribution in [3.05, 3.63) is 156 Å². The molecule has 0 aromatic heterocycles. The average molecular weight is 610 g/mol. The zero-order valence-electron chi connectivity index (χ0n) is 22.2. The number of hydrogen-bond acceptors (Lipinski definition) is 1. The van der Waals surface area contributed by atoms with Crippen molar-refractivity contribution >= 4 is 11.1 Å². The van der Waals surface area contributed by atoms with Gasteiger partial charge in [-0.05, 0) is 121 Å². The lowest BCUT2D eigenvalue weighted by atomic mass is 9.94. The molecule has 0 atom stereocenters. The summed E-state index contributed by atoms with van der Waals surface area (Å²) >= 11 is 0. The Morgan fingerprint density at radius 2 is 1.02 bits per heavy atom. The molecule has 220 valence electrons. The summed E-state index contributed by atoms with van der Waals surface area (Å²) in [4.78, 5) is 0. The molecule has 10 heteroatoms. The van der Waals surface area contributed by atoms with Gasteiger partial charge in [0.15, 0.2) is 34.9 Å². The zero-order chi connectivity index (χ0) is 31.2. The molecule has 0 heterocycles. The van der Waals surface area contributed by atoms with Gasteiger partial charge in [0, 0.05) is 0 Å². The van der Waals surface area contributed by atoms with Crippen LogP contribution in [0, 0.1) is 52.3 Å². The van der Waals surface area contributed by atoms with Crippen molar-refractivity contribution in [1.82, 2.24) is 0 Å². The molecule has 5 aromatic rings. The van der Waals surface area contributed by atoms with Gasteiger partial charge in [0.25, 0.3) is 0 Å². The molecule has 0 N–H and O–H groups in total. The zero-order valence-corrected chi connectivity index (χ0v) is 22.2. The third-order valence-corrected chi connectivity index (χ3v) is 7.76. The molecule has 0 saturated carbocycles. The lowest BCUT2D eigenvalue weighted by Gasteiger charge is -2.11. The van der Waals surface area contributed by atoms with E-state index in [2.05, 4.69) is 4.74 Å². The topological polar surface area (TPSA) is 9.23 Å². The summed E-state index contributed by atoms with van der Waals surface area (Å²) in [5.41, 5.74) is 3.23. The van der Waals surface area contributed by atoms with Gasteiger partial charge < -0.3 is 4.74 Å². The van der Waals surface area contributed by atoms with Crippen LogP contribution in [-0.2, 0) is 0 Å². The lowest BCUT2D eigenvalue weighted by Crippen LogP contribution is -2.18. The summed E-state index contributed by atoms with van der Waals surface area (Å²) in [5, 5.41) is 1.43. The first kappa shape index (κ1) is 27.8. The van der Waals surface area contributed by atoms with E-state index >= 15 is 0 Å². The molecule has 5 aromatic carbocycles. The van der Waals surface area contributed by atoms with Gasteiger partial charge in [-0.15, -0.1) is 13.2 Å². The van der Waals surface area contributed by atoms with Gasteiger partial charge in [0.2, 0.25) is 0 Å². The molecule has 2 aliphatic carbocycles. The molecular formula is C34H15F9O. The highest BCUT2D eigenvalue weighted by molar-refractivity contribution is 5.97. The van der Waals surface area contributed by atoms with Crippen molar-refractivity contribution in [2.24, 2.45) is 0 Å². The molecule has 44 heavy (non-hydrogen) atoms. The molecule has 7 rings (SSSR count). The minimum absolute atomic E-state index is 0.0174. The molecule has 1 nitrogen and oxygen atoms in total. The van der Waals surface area contributed by atoms with E-state index in [0.717, 1.165) is 42.0 Å². The molecule has 0 amide bonds. The molecule has 0 saturated heterocycles. The standard InChI is InChI=1S/C34H15F9O/c1-14-2-4-18-20-12-21-19-5-3-17(44-34(41,42)43)11-23(19)31(16-9-28(37)33(40)29(38)10-16)25(21)13-24(20)30(22(18)6-14)15-7-26(35)32(39)27(36)8-15/h2-13H,1H3. The molecule has 0 bridgehead atoms. The van der Waals surface area contributed by atoms with Crippen LogP contribution < -0.4 is 15.2 Å². The maximum Gasteiger partial charge on any atom is 0.573 e. The number of rotatable bonds is 3. The van der Waals surface area contributed by atoms with Crippen LogP contribution in [0.4, 0.5) is 39.5 Å². The van der Waals surface area contributed by atoms with Crippen LogP contribution in [-0.4, -0.2) is 6.36 Å². The fraction of sp³-hybridized carbons (Fsp3) is 0.0588. The van der Waals surface area contributed by atoms with Gasteiger partial charge in [-0.25, -0.2) is 26.3 Å².